The summed E-state index contributed by atoms with van der Waals surface area (Å²) in [5, 5.41) is 10.5. The second-order valence-electron chi connectivity index (χ2n) is 3.31. The van der Waals surface area contributed by atoms with Crippen molar-refractivity contribution < 1.29 is 9.53 Å². The predicted molar refractivity (Wildman–Crippen MR) is 40.6 cm³/mol. The van der Waals surface area contributed by atoms with Crippen molar-refractivity contribution in [3.8, 4) is 0 Å². The highest BCUT2D eigenvalue weighted by Gasteiger charge is 2.55. The van der Waals surface area contributed by atoms with Crippen LogP contribution >= 0.6 is 0 Å². The second kappa shape index (κ2) is 2.26. The lowest BCUT2D eigenvalue weighted by molar-refractivity contribution is -0.124. The van der Waals surface area contributed by atoms with Crippen molar-refractivity contribution in [2.24, 2.45) is 16.1 Å². The van der Waals surface area contributed by atoms with Crippen LogP contribution < -0.4 is 5.32 Å². The molecule has 1 saturated heterocycles. The Balaban J connectivity index is 2.30. The number of amides is 1. The maximum Gasteiger partial charge on any atom is 0.252 e. The molecule has 1 fully saturated rings. The Morgan fingerprint density at radius 1 is 1.75 bits per heavy atom. The number of rotatable bonds is 1. The van der Waals surface area contributed by atoms with Crippen LogP contribution in [0.4, 0.5) is 0 Å². The average molecular weight is 169 g/mol. The average Bonchev–Trinajstić information content (AvgIpc) is 2.51. The fourth-order valence-electron chi connectivity index (χ4n) is 1.73. The normalized spacial score (nSPS) is 44.7. The van der Waals surface area contributed by atoms with E-state index in [2.05, 4.69) is 15.5 Å². The van der Waals surface area contributed by atoms with Crippen molar-refractivity contribution in [2.45, 2.75) is 18.7 Å². The van der Waals surface area contributed by atoms with Gasteiger partial charge in [-0.05, 0) is 6.92 Å². The molecule has 2 aliphatic rings. The topological polar surface area (TPSA) is 63.0 Å². The summed E-state index contributed by atoms with van der Waals surface area (Å²) in [5.41, 5.74) is -0.680. The van der Waals surface area contributed by atoms with Crippen LogP contribution in [0.25, 0.3) is 0 Å². The Bertz CT molecular complexity index is 253. The lowest BCUT2D eigenvalue weighted by Gasteiger charge is -2.17. The Morgan fingerprint density at radius 2 is 2.50 bits per heavy atom. The van der Waals surface area contributed by atoms with E-state index in [0.29, 0.717) is 6.54 Å². The number of methoxy groups -OCH3 is 1. The summed E-state index contributed by atoms with van der Waals surface area (Å²) in [5.74, 6) is -0.0180. The van der Waals surface area contributed by atoms with Crippen molar-refractivity contribution >= 4 is 5.91 Å². The molecule has 0 radical (unpaired) electrons. The number of azo groups is 1. The van der Waals surface area contributed by atoms with Gasteiger partial charge in [0.1, 0.15) is 6.23 Å². The molecule has 66 valence electrons. The molecule has 2 rings (SSSR count). The van der Waals surface area contributed by atoms with Gasteiger partial charge in [-0.15, -0.1) is 0 Å². The molecule has 0 bridgehead atoms. The number of fused-ring (bicyclic) bond motifs is 1. The van der Waals surface area contributed by atoms with Gasteiger partial charge in [-0.1, -0.05) is 0 Å². The molecule has 3 atom stereocenters. The van der Waals surface area contributed by atoms with E-state index in [0.717, 1.165) is 0 Å². The van der Waals surface area contributed by atoms with Crippen LogP contribution in [-0.4, -0.2) is 31.3 Å². The molecule has 2 aliphatic heterocycles. The van der Waals surface area contributed by atoms with Crippen LogP contribution in [0, 0.1) is 5.92 Å². The van der Waals surface area contributed by atoms with Crippen molar-refractivity contribution in [2.75, 3.05) is 13.7 Å². The highest BCUT2D eigenvalue weighted by atomic mass is 16.5. The fraction of sp³-hybridized carbons (Fsp3) is 0.857. The molecule has 5 nitrogen and oxygen atoms in total. The molecular weight excluding hydrogens is 158 g/mol. The second-order valence-corrected chi connectivity index (χ2v) is 3.31. The van der Waals surface area contributed by atoms with Gasteiger partial charge in [-0.3, -0.25) is 4.79 Å². The number of carbonyl (C=O) groups excluding carboxylic acids is 1. The number of hydrogen-bond acceptors (Lipinski definition) is 4. The first kappa shape index (κ1) is 7.67. The van der Waals surface area contributed by atoms with Gasteiger partial charge < -0.3 is 10.1 Å². The molecule has 12 heavy (non-hydrogen) atoms. The third-order valence-corrected chi connectivity index (χ3v) is 2.63. The summed E-state index contributed by atoms with van der Waals surface area (Å²) in [4.78, 5) is 11.4. The number of hydrogen-bond donors (Lipinski definition) is 1. The summed E-state index contributed by atoms with van der Waals surface area (Å²) in [6, 6.07) is 0. The van der Waals surface area contributed by atoms with Gasteiger partial charge in [0.2, 0.25) is 0 Å². The molecular formula is C7H11N3O2. The quantitative estimate of drug-likeness (QED) is 0.597. The summed E-state index contributed by atoms with van der Waals surface area (Å²) in [6.07, 6.45) is -0.225. The highest BCUT2D eigenvalue weighted by Crippen LogP contribution is 2.36. The van der Waals surface area contributed by atoms with Crippen molar-refractivity contribution in [3.63, 3.8) is 0 Å². The van der Waals surface area contributed by atoms with Crippen LogP contribution in [0.2, 0.25) is 0 Å². The van der Waals surface area contributed by atoms with E-state index in [-0.39, 0.29) is 18.1 Å². The van der Waals surface area contributed by atoms with E-state index in [9.17, 15) is 4.79 Å². The standard InChI is InChI=1S/C7H11N3O2/c1-7-4(3-8-10-7)5(12-2)9-6(7)11/h4-5H,3H2,1-2H3,(H,9,11)/t4-,5+,7-/m0/s1. The first-order chi connectivity index (χ1) is 5.68. The van der Waals surface area contributed by atoms with Crippen LogP contribution in [-0.2, 0) is 9.53 Å². The number of nitrogens with zero attached hydrogens (tertiary/aromatic N) is 2. The van der Waals surface area contributed by atoms with Gasteiger partial charge in [0.15, 0.2) is 5.54 Å². The lowest BCUT2D eigenvalue weighted by atomic mass is 9.90. The fourth-order valence-corrected chi connectivity index (χ4v) is 1.73. The van der Waals surface area contributed by atoms with Gasteiger partial charge in [0.25, 0.3) is 5.91 Å². The maximum absolute atomic E-state index is 11.4. The minimum atomic E-state index is -0.680. The minimum Gasteiger partial charge on any atom is -0.361 e. The van der Waals surface area contributed by atoms with Crippen molar-refractivity contribution in [3.05, 3.63) is 0 Å². The first-order valence-corrected chi connectivity index (χ1v) is 3.91. The van der Waals surface area contributed by atoms with Gasteiger partial charge in [-0.2, -0.15) is 10.2 Å². The highest BCUT2D eigenvalue weighted by molar-refractivity contribution is 5.89. The molecule has 0 aliphatic carbocycles. The molecule has 1 N–H and O–H groups in total. The summed E-state index contributed by atoms with van der Waals surface area (Å²) >= 11 is 0. The van der Waals surface area contributed by atoms with Crippen molar-refractivity contribution in [1.82, 2.24) is 5.32 Å². The predicted octanol–water partition coefficient (Wildman–Crippen LogP) is -0.0706. The van der Waals surface area contributed by atoms with E-state index in [1.165, 1.54) is 0 Å². The largest absolute Gasteiger partial charge is 0.361 e. The van der Waals surface area contributed by atoms with Crippen LogP contribution in [0.1, 0.15) is 6.92 Å². The molecule has 2 heterocycles. The zero-order valence-electron chi connectivity index (χ0n) is 7.07. The smallest absolute Gasteiger partial charge is 0.252 e. The molecule has 0 aromatic heterocycles. The van der Waals surface area contributed by atoms with Crippen molar-refractivity contribution in [1.29, 1.82) is 0 Å². The molecule has 0 unspecified atom stereocenters. The Kier molecular flexibility index (Phi) is 1.44. The van der Waals surface area contributed by atoms with E-state index < -0.39 is 5.54 Å². The van der Waals surface area contributed by atoms with Crippen LogP contribution in [0.5, 0.6) is 0 Å². The summed E-state index contributed by atoms with van der Waals surface area (Å²) in [6.45, 7) is 2.37. The van der Waals surface area contributed by atoms with Crippen LogP contribution in [0.15, 0.2) is 10.2 Å². The third kappa shape index (κ3) is 0.741. The zero-order valence-corrected chi connectivity index (χ0v) is 7.07. The Labute approximate surface area is 70.2 Å². The molecule has 0 saturated carbocycles. The molecule has 1 amide bonds. The molecule has 0 aromatic rings. The third-order valence-electron chi connectivity index (χ3n) is 2.63. The lowest BCUT2D eigenvalue weighted by Crippen LogP contribution is -2.35. The number of ether oxygens (including phenoxy) is 1. The van der Waals surface area contributed by atoms with Gasteiger partial charge in [-0.25, -0.2) is 0 Å². The van der Waals surface area contributed by atoms with Gasteiger partial charge >= 0.3 is 0 Å². The molecule has 5 heteroatoms. The maximum atomic E-state index is 11.4. The Morgan fingerprint density at radius 3 is 3.17 bits per heavy atom. The zero-order chi connectivity index (χ0) is 8.77. The van der Waals surface area contributed by atoms with E-state index in [1.54, 1.807) is 14.0 Å². The molecule has 0 aromatic carbocycles. The van der Waals surface area contributed by atoms with Gasteiger partial charge in [0.05, 0.1) is 12.5 Å². The van der Waals surface area contributed by atoms with E-state index >= 15 is 0 Å². The Hall–Kier alpha value is -0.970. The minimum absolute atomic E-state index is 0.0648. The molecule has 0 spiro atoms. The summed E-state index contributed by atoms with van der Waals surface area (Å²) in [7, 11) is 1.58. The number of nitrogens with one attached hydrogen (secondary N) is 1. The van der Waals surface area contributed by atoms with Crippen LogP contribution in [0.3, 0.4) is 0 Å². The van der Waals surface area contributed by atoms with E-state index in [4.69, 9.17) is 4.74 Å². The van der Waals surface area contributed by atoms with Gasteiger partial charge in [0, 0.05) is 7.11 Å². The SMILES string of the molecule is CO[C@H]1NC(=O)[C@@]2(C)N=NC[C@@H]12. The first-order valence-electron chi connectivity index (χ1n) is 3.91. The number of carbonyl (C=O) groups is 1. The summed E-state index contributed by atoms with van der Waals surface area (Å²) < 4.78 is 5.11. The van der Waals surface area contributed by atoms with E-state index in [1.807, 2.05) is 0 Å². The monoisotopic (exact) mass is 169 g/mol.